The highest BCUT2D eigenvalue weighted by Crippen LogP contribution is 2.34. The standard InChI is InChI=1S/C17H17ClN4O3S/c18-13-7-12-10(6-16(24)25-15(12)8-14(13)23)9-26-17-19-20-21-22(17)11-4-2-1-3-5-11/h6-8,11,23H,1-5,9H2. The molecule has 0 spiro atoms. The Labute approximate surface area is 158 Å². The second kappa shape index (κ2) is 7.28. The van der Waals surface area contributed by atoms with E-state index in [1.165, 1.54) is 43.2 Å². The molecule has 3 aromatic rings. The van der Waals surface area contributed by atoms with Crippen molar-refractivity contribution in [3.63, 3.8) is 0 Å². The second-order valence-electron chi connectivity index (χ2n) is 6.38. The fraction of sp³-hybridized carbons (Fsp3) is 0.412. The maximum atomic E-state index is 11.8. The van der Waals surface area contributed by atoms with E-state index < -0.39 is 5.63 Å². The number of thioether (sulfide) groups is 1. The molecule has 4 rings (SSSR count). The van der Waals surface area contributed by atoms with Crippen LogP contribution in [0.15, 0.2) is 32.6 Å². The van der Waals surface area contributed by atoms with E-state index >= 15 is 0 Å². The zero-order valence-corrected chi connectivity index (χ0v) is 15.5. The highest BCUT2D eigenvalue weighted by Gasteiger charge is 2.20. The van der Waals surface area contributed by atoms with Crippen molar-refractivity contribution in [2.45, 2.75) is 49.1 Å². The Morgan fingerprint density at radius 3 is 2.88 bits per heavy atom. The summed E-state index contributed by atoms with van der Waals surface area (Å²) in [6.07, 6.45) is 5.83. The summed E-state index contributed by atoms with van der Waals surface area (Å²) < 4.78 is 7.06. The molecule has 136 valence electrons. The molecule has 7 nitrogen and oxygen atoms in total. The quantitative estimate of drug-likeness (QED) is 0.530. The first-order valence-corrected chi connectivity index (χ1v) is 9.84. The average Bonchev–Trinajstić information content (AvgIpc) is 3.10. The summed E-state index contributed by atoms with van der Waals surface area (Å²) in [5, 5.41) is 23.5. The number of nitrogens with zero attached hydrogens (tertiary/aromatic N) is 4. The molecule has 0 unspecified atom stereocenters. The van der Waals surface area contributed by atoms with Gasteiger partial charge in [-0.3, -0.25) is 0 Å². The number of benzene rings is 1. The fourth-order valence-electron chi connectivity index (χ4n) is 3.33. The first kappa shape index (κ1) is 17.4. The Bertz CT molecular complexity index is 997. The molecule has 1 saturated carbocycles. The summed E-state index contributed by atoms with van der Waals surface area (Å²) >= 11 is 7.49. The number of phenols is 1. The van der Waals surface area contributed by atoms with Crippen molar-refractivity contribution in [1.82, 2.24) is 20.2 Å². The number of hydrogen-bond donors (Lipinski definition) is 1. The van der Waals surface area contributed by atoms with Crippen molar-refractivity contribution < 1.29 is 9.52 Å². The molecule has 1 aromatic carbocycles. The third-order valence-corrected chi connectivity index (χ3v) is 5.92. The molecule has 0 saturated heterocycles. The third kappa shape index (κ3) is 3.43. The lowest BCUT2D eigenvalue weighted by Crippen LogP contribution is -2.15. The summed E-state index contributed by atoms with van der Waals surface area (Å²) in [6.45, 7) is 0. The number of fused-ring (bicyclic) bond motifs is 1. The van der Waals surface area contributed by atoms with Gasteiger partial charge in [-0.15, -0.1) is 5.10 Å². The van der Waals surface area contributed by atoms with Crippen LogP contribution in [0, 0.1) is 0 Å². The Balaban J connectivity index is 1.62. The molecule has 1 fully saturated rings. The predicted molar refractivity (Wildman–Crippen MR) is 98.7 cm³/mol. The van der Waals surface area contributed by atoms with E-state index in [-0.39, 0.29) is 10.8 Å². The lowest BCUT2D eigenvalue weighted by molar-refractivity contribution is 0.307. The van der Waals surface area contributed by atoms with Gasteiger partial charge in [0.2, 0.25) is 5.16 Å². The minimum Gasteiger partial charge on any atom is -0.506 e. The van der Waals surface area contributed by atoms with Gasteiger partial charge < -0.3 is 9.52 Å². The topological polar surface area (TPSA) is 94.0 Å². The number of rotatable bonds is 4. The number of phenolic OH excluding ortho intramolecular Hbond substituents is 1. The molecule has 9 heteroatoms. The normalized spacial score (nSPS) is 15.6. The van der Waals surface area contributed by atoms with Crippen LogP contribution in [0.3, 0.4) is 0 Å². The number of tetrazole rings is 1. The van der Waals surface area contributed by atoms with Gasteiger partial charge in [0.1, 0.15) is 11.3 Å². The number of halogens is 1. The monoisotopic (exact) mass is 392 g/mol. The van der Waals surface area contributed by atoms with E-state index in [0.29, 0.717) is 22.8 Å². The molecule has 0 radical (unpaired) electrons. The van der Waals surface area contributed by atoms with Crippen LogP contribution in [0.2, 0.25) is 5.02 Å². The Morgan fingerprint density at radius 2 is 2.08 bits per heavy atom. The van der Waals surface area contributed by atoms with Gasteiger partial charge >= 0.3 is 5.63 Å². The van der Waals surface area contributed by atoms with Crippen LogP contribution in [-0.2, 0) is 5.75 Å². The zero-order chi connectivity index (χ0) is 18.1. The van der Waals surface area contributed by atoms with Gasteiger partial charge in [0.15, 0.2) is 0 Å². The van der Waals surface area contributed by atoms with Gasteiger partial charge in [0, 0.05) is 23.3 Å². The van der Waals surface area contributed by atoms with Crippen LogP contribution >= 0.6 is 23.4 Å². The smallest absolute Gasteiger partial charge is 0.336 e. The van der Waals surface area contributed by atoms with Crippen LogP contribution in [0.5, 0.6) is 5.75 Å². The summed E-state index contributed by atoms with van der Waals surface area (Å²) in [6, 6.07) is 4.75. The SMILES string of the molecule is O=c1cc(CSc2nnnn2C2CCCCC2)c2cc(Cl)c(O)cc2o1. The maximum Gasteiger partial charge on any atom is 0.336 e. The van der Waals surface area contributed by atoms with Crippen molar-refractivity contribution in [3.8, 4) is 5.75 Å². The van der Waals surface area contributed by atoms with E-state index in [1.54, 1.807) is 6.07 Å². The van der Waals surface area contributed by atoms with Crippen LogP contribution in [0.25, 0.3) is 11.0 Å². The van der Waals surface area contributed by atoms with Gasteiger partial charge in [-0.1, -0.05) is 42.6 Å². The molecule has 0 amide bonds. The number of hydrogen-bond acceptors (Lipinski definition) is 7. The van der Waals surface area contributed by atoms with Crippen LogP contribution in [-0.4, -0.2) is 25.3 Å². The molecule has 2 heterocycles. The Kier molecular flexibility index (Phi) is 4.86. The first-order valence-electron chi connectivity index (χ1n) is 8.48. The van der Waals surface area contributed by atoms with E-state index in [0.717, 1.165) is 23.6 Å². The summed E-state index contributed by atoms with van der Waals surface area (Å²) in [5.41, 5.74) is 0.602. The lowest BCUT2D eigenvalue weighted by atomic mass is 9.96. The summed E-state index contributed by atoms with van der Waals surface area (Å²) in [5.74, 6) is 0.379. The van der Waals surface area contributed by atoms with Crippen molar-refractivity contribution in [1.29, 1.82) is 0 Å². The molecular formula is C17H17ClN4O3S. The van der Waals surface area contributed by atoms with E-state index in [9.17, 15) is 9.90 Å². The van der Waals surface area contributed by atoms with Crippen LogP contribution < -0.4 is 5.63 Å². The average molecular weight is 393 g/mol. The molecular weight excluding hydrogens is 376 g/mol. The second-order valence-corrected chi connectivity index (χ2v) is 7.73. The molecule has 0 atom stereocenters. The zero-order valence-electron chi connectivity index (χ0n) is 13.9. The van der Waals surface area contributed by atoms with Crippen molar-refractivity contribution >= 4 is 34.3 Å². The van der Waals surface area contributed by atoms with E-state index in [1.807, 2.05) is 4.68 Å². The molecule has 1 aliphatic rings. The minimum absolute atomic E-state index is 0.117. The third-order valence-electron chi connectivity index (χ3n) is 4.64. The van der Waals surface area contributed by atoms with Crippen molar-refractivity contribution in [2.75, 3.05) is 0 Å². The van der Waals surface area contributed by atoms with Crippen molar-refractivity contribution in [3.05, 3.63) is 39.2 Å². The van der Waals surface area contributed by atoms with E-state index in [4.69, 9.17) is 16.0 Å². The fourth-order valence-corrected chi connectivity index (χ4v) is 4.43. The Hall–Kier alpha value is -2.06. The van der Waals surface area contributed by atoms with Gasteiger partial charge in [0.05, 0.1) is 11.1 Å². The number of aromatic hydroxyl groups is 1. The molecule has 26 heavy (non-hydrogen) atoms. The van der Waals surface area contributed by atoms with Gasteiger partial charge in [-0.2, -0.15) is 0 Å². The number of aromatic nitrogens is 4. The summed E-state index contributed by atoms with van der Waals surface area (Å²) in [7, 11) is 0. The first-order chi connectivity index (χ1) is 12.6. The highest BCUT2D eigenvalue weighted by molar-refractivity contribution is 7.98. The van der Waals surface area contributed by atoms with Gasteiger partial charge in [-0.05, 0) is 34.9 Å². The molecule has 1 aliphatic carbocycles. The van der Waals surface area contributed by atoms with E-state index in [2.05, 4.69) is 15.5 Å². The summed E-state index contributed by atoms with van der Waals surface area (Å²) in [4.78, 5) is 11.8. The maximum absolute atomic E-state index is 11.8. The minimum atomic E-state index is -0.471. The van der Waals surface area contributed by atoms with Gasteiger partial charge in [-0.25, -0.2) is 9.48 Å². The van der Waals surface area contributed by atoms with Crippen LogP contribution in [0.1, 0.15) is 43.7 Å². The van der Waals surface area contributed by atoms with Crippen LogP contribution in [0.4, 0.5) is 0 Å². The molecule has 1 N–H and O–H groups in total. The Morgan fingerprint density at radius 1 is 1.27 bits per heavy atom. The molecule has 2 aromatic heterocycles. The van der Waals surface area contributed by atoms with Crippen molar-refractivity contribution in [2.24, 2.45) is 0 Å². The lowest BCUT2D eigenvalue weighted by Gasteiger charge is -2.22. The van der Waals surface area contributed by atoms with Gasteiger partial charge in [0.25, 0.3) is 0 Å². The largest absolute Gasteiger partial charge is 0.506 e. The predicted octanol–water partition coefficient (Wildman–Crippen LogP) is 3.94. The molecule has 0 bridgehead atoms. The highest BCUT2D eigenvalue weighted by atomic mass is 35.5. The molecule has 0 aliphatic heterocycles.